The molecule has 0 saturated heterocycles. The molecule has 1 radical (unpaired) electrons. The van der Waals surface area contributed by atoms with Crippen LogP contribution in [0, 0.1) is 0 Å². The molecule has 0 aromatic rings. The van der Waals surface area contributed by atoms with Crippen molar-refractivity contribution in [3.05, 3.63) is 0 Å². The third-order valence-electron chi connectivity index (χ3n) is 1.14. The van der Waals surface area contributed by atoms with Crippen molar-refractivity contribution >= 4 is 20.4 Å². The number of nitrogens with one attached hydrogen (secondary N) is 1. The van der Waals surface area contributed by atoms with Crippen LogP contribution in [0.25, 0.3) is 0 Å². The quantitative estimate of drug-likeness (QED) is 0.474. The monoisotopic (exact) mass is 192 g/mol. The second-order valence-electron chi connectivity index (χ2n) is 2.09. The maximum Gasteiger partial charge on any atom is 0.281 e. The minimum absolute atomic E-state index is 0.102. The van der Waals surface area contributed by atoms with E-state index in [2.05, 4.69) is 9.84 Å². The van der Waals surface area contributed by atoms with Crippen molar-refractivity contribution in [1.82, 2.24) is 5.32 Å². The molecule has 5 nitrogen and oxygen atoms in total. The van der Waals surface area contributed by atoms with Gasteiger partial charge in [-0.15, -0.1) is 0 Å². The molecular formula is C5H12BNO4P. The van der Waals surface area contributed by atoms with E-state index in [1.54, 1.807) is 6.92 Å². The van der Waals surface area contributed by atoms with Gasteiger partial charge < -0.3 is 14.7 Å². The molecule has 0 rings (SSSR count). The summed E-state index contributed by atoms with van der Waals surface area (Å²) in [5, 5.41) is 2.48. The first kappa shape index (κ1) is 11.7. The summed E-state index contributed by atoms with van der Waals surface area (Å²) in [4.78, 5) is 19.6. The number of hydrogen-bond acceptors (Lipinski definition) is 3. The smallest absolute Gasteiger partial charge is 0.281 e. The molecule has 69 valence electrons. The lowest BCUT2D eigenvalue weighted by atomic mass is 10.0. The molecule has 0 fully saturated rings. The van der Waals surface area contributed by atoms with E-state index >= 15 is 0 Å². The number of rotatable bonds is 5. The molecular weight excluding hydrogens is 180 g/mol. The molecule has 12 heavy (non-hydrogen) atoms. The highest BCUT2D eigenvalue weighted by molar-refractivity contribution is 7.82. The van der Waals surface area contributed by atoms with E-state index in [1.807, 2.05) is 0 Å². The van der Waals surface area contributed by atoms with Crippen LogP contribution in [0.2, 0.25) is 6.32 Å². The third kappa shape index (κ3) is 5.35. The van der Waals surface area contributed by atoms with Crippen LogP contribution >= 0.6 is 7.47 Å². The van der Waals surface area contributed by atoms with Crippen molar-refractivity contribution in [1.29, 1.82) is 0 Å². The van der Waals surface area contributed by atoms with Crippen LogP contribution in [0.1, 0.15) is 6.92 Å². The molecule has 0 bridgehead atoms. The lowest BCUT2D eigenvalue weighted by Gasteiger charge is -2.06. The molecule has 0 aliphatic rings. The van der Waals surface area contributed by atoms with Crippen LogP contribution in [0.4, 0.5) is 0 Å². The number of hydrogen-bond donors (Lipinski definition) is 2. The van der Waals surface area contributed by atoms with Gasteiger partial charge in [0.25, 0.3) is 14.5 Å². The van der Waals surface area contributed by atoms with Crippen molar-refractivity contribution in [2.75, 3.05) is 13.7 Å². The molecule has 1 atom stereocenters. The van der Waals surface area contributed by atoms with E-state index in [-0.39, 0.29) is 12.2 Å². The lowest BCUT2D eigenvalue weighted by Crippen LogP contribution is -2.23. The van der Waals surface area contributed by atoms with Crippen LogP contribution in [0.15, 0.2) is 0 Å². The van der Waals surface area contributed by atoms with Gasteiger partial charge in [0.1, 0.15) is 0 Å². The average Bonchev–Trinajstić information content (AvgIpc) is 2.02. The van der Waals surface area contributed by atoms with Gasteiger partial charge in [-0.2, -0.15) is 0 Å². The normalized spacial score (nSPS) is 14.9. The van der Waals surface area contributed by atoms with Gasteiger partial charge in [0.2, 0.25) is 5.91 Å². The maximum atomic E-state index is 10.8. The second kappa shape index (κ2) is 5.35. The predicted octanol–water partition coefficient (Wildman–Crippen LogP) is -0.00820. The molecule has 7 heteroatoms. The zero-order valence-electron chi connectivity index (χ0n) is 7.11. The Morgan fingerprint density at radius 1 is 1.75 bits per heavy atom. The van der Waals surface area contributed by atoms with E-state index in [0.29, 0.717) is 6.54 Å². The van der Waals surface area contributed by atoms with Gasteiger partial charge in [0, 0.05) is 20.0 Å². The molecule has 0 aliphatic heterocycles. The summed E-state index contributed by atoms with van der Waals surface area (Å²) >= 11 is 0. The van der Waals surface area contributed by atoms with Gasteiger partial charge in [-0.05, 0) is 6.92 Å². The number of amides is 1. The highest BCUT2D eigenvalue weighted by Crippen LogP contribution is 2.38. The molecule has 0 aromatic heterocycles. The minimum Gasteiger partial charge on any atom is -0.357 e. The zero-order chi connectivity index (χ0) is 9.61. The molecule has 2 N–H and O–H groups in total. The summed E-state index contributed by atoms with van der Waals surface area (Å²) in [5.74, 6) is -0.288. The summed E-state index contributed by atoms with van der Waals surface area (Å²) < 4.78 is 15.0. The lowest BCUT2D eigenvalue weighted by molar-refractivity contribution is -0.118. The van der Waals surface area contributed by atoms with Gasteiger partial charge in [0.05, 0.1) is 0 Å². The summed E-state index contributed by atoms with van der Waals surface area (Å²) in [6.07, 6.45) is -0.102. The fourth-order valence-corrected chi connectivity index (χ4v) is 1.09. The van der Waals surface area contributed by atoms with E-state index < -0.39 is 7.47 Å². The van der Waals surface area contributed by atoms with Crippen molar-refractivity contribution in [2.45, 2.75) is 13.2 Å². The van der Waals surface area contributed by atoms with Crippen molar-refractivity contribution in [2.24, 2.45) is 0 Å². The van der Waals surface area contributed by atoms with Gasteiger partial charge in [0.15, 0.2) is 0 Å². The zero-order valence-corrected chi connectivity index (χ0v) is 8.01. The topological polar surface area (TPSA) is 75.6 Å². The van der Waals surface area contributed by atoms with E-state index in [0.717, 1.165) is 14.1 Å². The Labute approximate surface area is 72.2 Å². The molecule has 0 spiro atoms. The number of carbonyl (C=O) groups excluding carboxylic acids is 1. The van der Waals surface area contributed by atoms with Crippen molar-refractivity contribution < 1.29 is 18.8 Å². The van der Waals surface area contributed by atoms with Gasteiger partial charge in [-0.3, -0.25) is 9.36 Å². The molecule has 1 amide bonds. The third-order valence-corrected chi connectivity index (χ3v) is 2.31. The SMILES string of the molecule is CCNC(=O)C[B]P(=O)(O)OC. The standard InChI is InChI=1S/C5H12BNO4P/c1-3-7-5(8)4-6-12(9,10)11-2/h3-4H2,1-2H3,(H,7,8)(H,9,10). The summed E-state index contributed by atoms with van der Waals surface area (Å²) in [5.41, 5.74) is 0. The fourth-order valence-electron chi connectivity index (χ4n) is 0.542. The Morgan fingerprint density at radius 3 is 2.75 bits per heavy atom. The molecule has 1 unspecified atom stereocenters. The largest absolute Gasteiger partial charge is 0.357 e. The van der Waals surface area contributed by atoms with Gasteiger partial charge in [-0.1, -0.05) is 0 Å². The highest BCUT2D eigenvalue weighted by Gasteiger charge is 2.20. The average molecular weight is 192 g/mol. The van der Waals surface area contributed by atoms with Gasteiger partial charge >= 0.3 is 0 Å². The second-order valence-corrected chi connectivity index (χ2v) is 3.95. The summed E-state index contributed by atoms with van der Waals surface area (Å²) in [6, 6.07) is 0. The molecule has 0 saturated carbocycles. The Balaban J connectivity index is 3.68. The van der Waals surface area contributed by atoms with Crippen LogP contribution in [-0.2, 0) is 13.9 Å². The van der Waals surface area contributed by atoms with E-state index in [1.165, 1.54) is 0 Å². The van der Waals surface area contributed by atoms with E-state index in [4.69, 9.17) is 4.89 Å². The summed E-state index contributed by atoms with van der Waals surface area (Å²) in [6.45, 7) is 3.25. The van der Waals surface area contributed by atoms with Crippen LogP contribution in [-0.4, -0.2) is 31.5 Å². The predicted molar refractivity (Wildman–Crippen MR) is 46.1 cm³/mol. The van der Waals surface area contributed by atoms with Crippen LogP contribution < -0.4 is 5.32 Å². The van der Waals surface area contributed by atoms with Crippen molar-refractivity contribution in [3.8, 4) is 0 Å². The summed E-state index contributed by atoms with van der Waals surface area (Å²) in [7, 11) is -2.52. The first-order valence-corrected chi connectivity index (χ1v) is 5.15. The van der Waals surface area contributed by atoms with Crippen LogP contribution in [0.3, 0.4) is 0 Å². The molecule has 0 heterocycles. The first-order valence-electron chi connectivity index (χ1n) is 3.51. The van der Waals surface area contributed by atoms with Crippen LogP contribution in [0.5, 0.6) is 0 Å². The Bertz CT molecular complexity index is 198. The Morgan fingerprint density at radius 2 is 2.33 bits per heavy atom. The van der Waals surface area contributed by atoms with E-state index in [9.17, 15) is 9.36 Å². The fraction of sp³-hybridized carbons (Fsp3) is 0.800. The molecule has 0 aliphatic carbocycles. The van der Waals surface area contributed by atoms with Gasteiger partial charge in [-0.25, -0.2) is 0 Å². The minimum atomic E-state index is -3.64. The van der Waals surface area contributed by atoms with Crippen molar-refractivity contribution in [3.63, 3.8) is 0 Å². The molecule has 0 aromatic carbocycles. The first-order chi connectivity index (χ1) is 5.52. The maximum absolute atomic E-state index is 10.8. The number of carbonyl (C=O) groups is 1. The Hall–Kier alpha value is -0.315. The Kier molecular flexibility index (Phi) is 5.21. The highest BCUT2D eigenvalue weighted by atomic mass is 31.2.